The average Bonchev–Trinajstić information content (AvgIpc) is 3.40. The first kappa shape index (κ1) is 24.6. The highest BCUT2D eigenvalue weighted by Crippen LogP contribution is 2.32. The van der Waals surface area contributed by atoms with Gasteiger partial charge in [0, 0.05) is 30.1 Å². The molecule has 0 unspecified atom stereocenters. The molecule has 2 N–H and O–H groups in total. The zero-order chi connectivity index (χ0) is 25.3. The molecule has 0 radical (unpaired) electrons. The van der Waals surface area contributed by atoms with E-state index in [1.807, 2.05) is 0 Å². The molecule has 2 aromatic heterocycles. The molecule has 35 heavy (non-hydrogen) atoms. The van der Waals surface area contributed by atoms with Crippen molar-refractivity contribution in [3.8, 4) is 5.75 Å². The number of phenolic OH excluding ortho intramolecular Hbond substituents is 1. The molecule has 8 nitrogen and oxygen atoms in total. The highest BCUT2D eigenvalue weighted by atomic mass is 32.1. The van der Waals surface area contributed by atoms with Crippen LogP contribution in [0.2, 0.25) is 0 Å². The molecule has 0 spiro atoms. The molecule has 1 aromatic carbocycles. The van der Waals surface area contributed by atoms with Crippen molar-refractivity contribution in [3.63, 3.8) is 0 Å². The smallest absolute Gasteiger partial charge is 0.435 e. The molecule has 1 aliphatic heterocycles. The Hall–Kier alpha value is -3.48. The Labute approximate surface area is 201 Å². The Balaban J connectivity index is 1.33. The largest absolute Gasteiger partial charge is 0.507 e. The van der Waals surface area contributed by atoms with Crippen molar-refractivity contribution < 1.29 is 32.3 Å². The normalized spacial score (nSPS) is 14.8. The highest BCUT2D eigenvalue weighted by Gasteiger charge is 2.35. The van der Waals surface area contributed by atoms with E-state index in [2.05, 4.69) is 15.4 Å². The summed E-state index contributed by atoms with van der Waals surface area (Å²) in [5.41, 5.74) is -1.25. The van der Waals surface area contributed by atoms with Gasteiger partial charge < -0.3 is 15.3 Å². The van der Waals surface area contributed by atoms with Gasteiger partial charge in [0.1, 0.15) is 29.5 Å². The maximum absolute atomic E-state index is 13.9. The van der Waals surface area contributed by atoms with Crippen LogP contribution >= 0.6 is 11.3 Å². The van der Waals surface area contributed by atoms with E-state index >= 15 is 0 Å². The van der Waals surface area contributed by atoms with Crippen molar-refractivity contribution in [2.24, 2.45) is 0 Å². The molecule has 0 saturated carbocycles. The molecule has 1 aliphatic rings. The number of aromatic hydroxyl groups is 1. The minimum atomic E-state index is -4.57. The lowest BCUT2D eigenvalue weighted by atomic mass is 9.97. The molecular formula is C22H21F4N5O3S. The zero-order valence-corrected chi connectivity index (χ0v) is 19.3. The molecule has 4 rings (SSSR count). The first-order valence-corrected chi connectivity index (χ1v) is 11.5. The quantitative estimate of drug-likeness (QED) is 0.501. The lowest BCUT2D eigenvalue weighted by molar-refractivity contribution is -0.142. The van der Waals surface area contributed by atoms with Crippen LogP contribution < -0.4 is 5.32 Å². The number of phenols is 1. The van der Waals surface area contributed by atoms with E-state index < -0.39 is 34.9 Å². The number of aromatic nitrogens is 3. The molecule has 0 bridgehead atoms. The van der Waals surface area contributed by atoms with Gasteiger partial charge in [-0.2, -0.15) is 18.3 Å². The summed E-state index contributed by atoms with van der Waals surface area (Å²) in [5.74, 6) is -2.21. The number of aryl methyl sites for hydroxylation is 1. The summed E-state index contributed by atoms with van der Waals surface area (Å²) < 4.78 is 53.5. The number of carbonyl (C=O) groups excluding carboxylic acids is 2. The van der Waals surface area contributed by atoms with Crippen molar-refractivity contribution >= 4 is 29.0 Å². The van der Waals surface area contributed by atoms with Crippen LogP contribution in [-0.2, 0) is 17.5 Å². The average molecular weight is 512 g/mol. The van der Waals surface area contributed by atoms with Crippen LogP contribution in [0.25, 0.3) is 0 Å². The molecule has 3 aromatic rings. The molecule has 3 heterocycles. The van der Waals surface area contributed by atoms with Gasteiger partial charge in [-0.15, -0.1) is 11.3 Å². The van der Waals surface area contributed by atoms with Crippen molar-refractivity contribution in [1.82, 2.24) is 19.7 Å². The fourth-order valence-electron chi connectivity index (χ4n) is 3.86. The number of halogens is 4. The van der Waals surface area contributed by atoms with Crippen LogP contribution in [0.3, 0.4) is 0 Å². The van der Waals surface area contributed by atoms with E-state index in [-0.39, 0.29) is 29.9 Å². The summed E-state index contributed by atoms with van der Waals surface area (Å²) in [6, 6.07) is 4.48. The van der Waals surface area contributed by atoms with Crippen LogP contribution in [0.15, 0.2) is 29.6 Å². The third-order valence-electron chi connectivity index (χ3n) is 5.74. The molecule has 13 heteroatoms. The summed E-state index contributed by atoms with van der Waals surface area (Å²) in [4.78, 5) is 30.9. The third kappa shape index (κ3) is 5.45. The van der Waals surface area contributed by atoms with Crippen molar-refractivity contribution in [2.45, 2.75) is 38.4 Å². The van der Waals surface area contributed by atoms with E-state index in [4.69, 9.17) is 0 Å². The number of thiazole rings is 1. The Bertz CT molecular complexity index is 1230. The van der Waals surface area contributed by atoms with Crippen LogP contribution in [0.5, 0.6) is 5.75 Å². The van der Waals surface area contributed by atoms with Gasteiger partial charge in [0.25, 0.3) is 5.91 Å². The summed E-state index contributed by atoms with van der Waals surface area (Å²) in [6.45, 7) is 2.00. The summed E-state index contributed by atoms with van der Waals surface area (Å²) >= 11 is 1.31. The Kier molecular flexibility index (Phi) is 6.79. The number of carbonyl (C=O) groups is 2. The fourth-order valence-corrected chi connectivity index (χ4v) is 4.78. The van der Waals surface area contributed by atoms with Gasteiger partial charge in [0.15, 0.2) is 5.69 Å². The number of nitrogens with one attached hydrogen (secondary N) is 1. The highest BCUT2D eigenvalue weighted by molar-refractivity contribution is 7.10. The van der Waals surface area contributed by atoms with Crippen LogP contribution in [0.4, 0.5) is 23.4 Å². The lowest BCUT2D eigenvalue weighted by Gasteiger charge is -2.31. The number of benzene rings is 1. The van der Waals surface area contributed by atoms with Gasteiger partial charge in [-0.1, -0.05) is 6.07 Å². The minimum Gasteiger partial charge on any atom is -0.507 e. The first-order valence-electron chi connectivity index (χ1n) is 10.7. The van der Waals surface area contributed by atoms with Crippen molar-refractivity contribution in [2.75, 3.05) is 18.4 Å². The Morgan fingerprint density at radius 1 is 1.26 bits per heavy atom. The predicted molar refractivity (Wildman–Crippen MR) is 119 cm³/mol. The van der Waals surface area contributed by atoms with E-state index in [0.29, 0.717) is 25.9 Å². The number of piperidine rings is 1. The third-order valence-corrected chi connectivity index (χ3v) is 6.74. The van der Waals surface area contributed by atoms with Gasteiger partial charge in [0.05, 0.1) is 5.01 Å². The number of hydrogen-bond acceptors (Lipinski definition) is 6. The number of amides is 2. The standard InChI is InChI=1S/C22H21F4N5O3S/c1-12-9-16(22(24,25)26)29-31(12)10-18(33)30-7-5-13(6-8-30)21-28-17(11-35-21)27-20(34)19-14(23)3-2-4-15(19)32/h2-4,9,11,13,32H,5-8,10H2,1H3,(H,27,34). The van der Waals surface area contributed by atoms with Crippen LogP contribution in [0.1, 0.15) is 45.5 Å². The number of alkyl halides is 3. The molecule has 0 atom stereocenters. The van der Waals surface area contributed by atoms with Crippen LogP contribution in [0, 0.1) is 12.7 Å². The fraction of sp³-hybridized carbons (Fsp3) is 0.364. The maximum atomic E-state index is 13.9. The van der Waals surface area contributed by atoms with E-state index in [1.165, 1.54) is 30.4 Å². The maximum Gasteiger partial charge on any atom is 0.435 e. The molecular weight excluding hydrogens is 490 g/mol. The zero-order valence-electron chi connectivity index (χ0n) is 18.5. The second-order valence-corrected chi connectivity index (χ2v) is 9.03. The van der Waals surface area contributed by atoms with Gasteiger partial charge in [-0.05, 0) is 38.0 Å². The molecule has 186 valence electrons. The lowest BCUT2D eigenvalue weighted by Crippen LogP contribution is -2.40. The second kappa shape index (κ2) is 9.64. The number of anilines is 1. The van der Waals surface area contributed by atoms with Gasteiger partial charge in [0.2, 0.25) is 5.91 Å². The molecule has 2 amide bonds. The van der Waals surface area contributed by atoms with E-state index in [1.54, 1.807) is 10.3 Å². The summed E-state index contributed by atoms with van der Waals surface area (Å²) in [6.07, 6.45) is -3.39. The Morgan fingerprint density at radius 2 is 1.97 bits per heavy atom. The van der Waals surface area contributed by atoms with E-state index in [0.717, 1.165) is 21.8 Å². The first-order chi connectivity index (χ1) is 16.5. The number of rotatable bonds is 5. The minimum absolute atomic E-state index is 0.0276. The van der Waals surface area contributed by atoms with Crippen LogP contribution in [-0.4, -0.2) is 49.7 Å². The monoisotopic (exact) mass is 511 g/mol. The molecule has 1 fully saturated rings. The summed E-state index contributed by atoms with van der Waals surface area (Å²) in [7, 11) is 0. The van der Waals surface area contributed by atoms with E-state index in [9.17, 15) is 32.3 Å². The number of nitrogens with zero attached hydrogens (tertiary/aromatic N) is 4. The van der Waals surface area contributed by atoms with Crippen molar-refractivity contribution in [3.05, 3.63) is 57.4 Å². The second-order valence-electron chi connectivity index (χ2n) is 8.14. The Morgan fingerprint density at radius 3 is 2.60 bits per heavy atom. The van der Waals surface area contributed by atoms with Gasteiger partial charge in [-0.3, -0.25) is 14.3 Å². The molecule has 1 saturated heterocycles. The SMILES string of the molecule is Cc1cc(C(F)(F)F)nn1CC(=O)N1CCC(c2nc(NC(=O)c3c(O)cccc3F)cs2)CC1. The number of likely N-dealkylation sites (tertiary alicyclic amines) is 1. The van der Waals surface area contributed by atoms with Gasteiger partial charge >= 0.3 is 6.18 Å². The predicted octanol–water partition coefficient (Wildman–Crippen LogP) is 4.17. The summed E-state index contributed by atoms with van der Waals surface area (Å²) in [5, 5.41) is 18.1. The number of hydrogen-bond donors (Lipinski definition) is 2. The molecule has 0 aliphatic carbocycles. The van der Waals surface area contributed by atoms with Gasteiger partial charge in [-0.25, -0.2) is 9.37 Å². The topological polar surface area (TPSA) is 100 Å². The van der Waals surface area contributed by atoms with Crippen molar-refractivity contribution in [1.29, 1.82) is 0 Å².